The van der Waals surface area contributed by atoms with Crippen molar-refractivity contribution in [3.8, 4) is 0 Å². The first-order chi connectivity index (χ1) is 32.2. The van der Waals surface area contributed by atoms with E-state index in [9.17, 15) is 28.8 Å². The van der Waals surface area contributed by atoms with Gasteiger partial charge in [0.1, 0.15) is 6.04 Å². The molecule has 2 aliphatic carbocycles. The monoisotopic (exact) mass is 903 g/mol. The van der Waals surface area contributed by atoms with E-state index in [2.05, 4.69) is 64.7 Å². The van der Waals surface area contributed by atoms with E-state index in [0.717, 1.165) is 57.8 Å². The maximum absolute atomic E-state index is 14.0. The Kier molecular flexibility index (Phi) is 19.6. The number of nitrogens with one attached hydrogen (secondary N) is 5. The molecule has 1 heterocycles. The smallest absolute Gasteiger partial charge is 0.253 e. The predicted octanol–water partition coefficient (Wildman–Crippen LogP) is 7.94. The molecule has 66 heavy (non-hydrogen) atoms. The third-order valence-electron chi connectivity index (χ3n) is 13.6. The highest BCUT2D eigenvalue weighted by atomic mass is 16.2. The Morgan fingerprint density at radius 1 is 0.561 bits per heavy atom. The van der Waals surface area contributed by atoms with E-state index in [1.165, 1.54) is 56.1 Å². The zero-order valence-corrected chi connectivity index (χ0v) is 39.4. The van der Waals surface area contributed by atoms with Crippen molar-refractivity contribution in [2.45, 2.75) is 153 Å². The van der Waals surface area contributed by atoms with Crippen molar-refractivity contribution in [2.24, 2.45) is 11.8 Å². The molecule has 6 amide bonds. The number of hydrogen-bond acceptors (Lipinski definition) is 6. The van der Waals surface area contributed by atoms with E-state index in [-0.39, 0.29) is 78.7 Å². The first-order valence-electron chi connectivity index (χ1n) is 25.1. The van der Waals surface area contributed by atoms with Crippen molar-refractivity contribution in [3.63, 3.8) is 0 Å². The molecule has 12 nitrogen and oxygen atoms in total. The van der Waals surface area contributed by atoms with Crippen LogP contribution in [0.2, 0.25) is 0 Å². The van der Waals surface area contributed by atoms with Gasteiger partial charge in [0.15, 0.2) is 0 Å². The van der Waals surface area contributed by atoms with Crippen LogP contribution in [0.15, 0.2) is 84.9 Å². The third kappa shape index (κ3) is 15.3. The van der Waals surface area contributed by atoms with Crippen LogP contribution in [0.25, 0.3) is 0 Å². The van der Waals surface area contributed by atoms with Gasteiger partial charge in [-0.3, -0.25) is 28.8 Å². The van der Waals surface area contributed by atoms with E-state index >= 15 is 0 Å². The Morgan fingerprint density at radius 3 is 1.55 bits per heavy atom. The van der Waals surface area contributed by atoms with Gasteiger partial charge in [-0.2, -0.15) is 0 Å². The SMILES string of the molecule is CCCCCCCCCNC(=O)[C@H](CNC(=O)c1ccc(C(=O)N2C[C@@H](C(=O)N[C@H]3C[C@@H]3c3ccccc3)[C@H](C(=O)N[C@H]3C[C@@H]3c3ccccc3)C2)cc1)NC(=O)CCCCCCCCC. The fourth-order valence-corrected chi connectivity index (χ4v) is 9.31. The standard InChI is InChI=1S/C54H74N6O6/c1-3-5-7-9-11-13-21-27-49(61)57-48(53(65)55-32-22-14-12-10-8-6-4-2)35-56-50(62)40-28-30-41(31-29-40)54(66)60-36-44(51(63)58-46-33-42(46)38-23-17-15-18-24-38)45(37-60)52(64)59-47-34-43(47)39-25-19-16-20-26-39/h15-20,23-26,28-31,42-48H,3-14,21-22,27,32-37H2,1-2H3,(H,55,65)(H,56,62)(H,57,61)(H,58,63)(H,59,64)/t42-,43-,44-,45-,46+,47+,48+/m1/s1. The van der Waals surface area contributed by atoms with Gasteiger partial charge in [-0.25, -0.2) is 0 Å². The molecule has 3 aliphatic rings. The predicted molar refractivity (Wildman–Crippen MR) is 259 cm³/mol. The van der Waals surface area contributed by atoms with Crippen molar-refractivity contribution >= 4 is 35.4 Å². The van der Waals surface area contributed by atoms with Crippen LogP contribution in [0.5, 0.6) is 0 Å². The van der Waals surface area contributed by atoms with Crippen molar-refractivity contribution < 1.29 is 28.8 Å². The summed E-state index contributed by atoms with van der Waals surface area (Å²) in [6.45, 7) is 4.97. The van der Waals surface area contributed by atoms with Gasteiger partial charge in [0, 0.05) is 67.6 Å². The average molecular weight is 903 g/mol. The summed E-state index contributed by atoms with van der Waals surface area (Å²) in [4.78, 5) is 83.2. The van der Waals surface area contributed by atoms with Gasteiger partial charge in [-0.1, -0.05) is 152 Å². The second kappa shape index (κ2) is 26.0. The lowest BCUT2D eigenvalue weighted by molar-refractivity contribution is -0.133. The molecule has 7 atom stereocenters. The highest BCUT2D eigenvalue weighted by Gasteiger charge is 2.49. The molecule has 3 aromatic rings. The van der Waals surface area contributed by atoms with Gasteiger partial charge in [0.2, 0.25) is 23.6 Å². The van der Waals surface area contributed by atoms with Gasteiger partial charge in [0.05, 0.1) is 11.8 Å². The summed E-state index contributed by atoms with van der Waals surface area (Å²) in [5.74, 6) is -2.79. The molecule has 1 aliphatic heterocycles. The summed E-state index contributed by atoms with van der Waals surface area (Å²) in [5, 5.41) is 15.0. The number of amides is 6. The van der Waals surface area contributed by atoms with Crippen LogP contribution in [0.4, 0.5) is 0 Å². The molecule has 0 aromatic heterocycles. The van der Waals surface area contributed by atoms with Crippen LogP contribution < -0.4 is 26.6 Å². The van der Waals surface area contributed by atoms with E-state index in [0.29, 0.717) is 18.5 Å². The second-order valence-electron chi connectivity index (χ2n) is 18.9. The van der Waals surface area contributed by atoms with Crippen molar-refractivity contribution in [1.29, 1.82) is 0 Å². The van der Waals surface area contributed by atoms with Crippen molar-refractivity contribution in [1.82, 2.24) is 31.5 Å². The molecular formula is C54H74N6O6. The van der Waals surface area contributed by atoms with Gasteiger partial charge >= 0.3 is 0 Å². The largest absolute Gasteiger partial charge is 0.354 e. The number of nitrogens with zero attached hydrogens (tertiary/aromatic N) is 1. The Labute approximate surface area is 392 Å². The summed E-state index contributed by atoms with van der Waals surface area (Å²) < 4.78 is 0. The number of likely N-dealkylation sites (tertiary alicyclic amines) is 1. The Morgan fingerprint density at radius 2 is 1.03 bits per heavy atom. The Balaban J connectivity index is 1.03. The first-order valence-corrected chi connectivity index (χ1v) is 25.1. The summed E-state index contributed by atoms with van der Waals surface area (Å²) >= 11 is 0. The topological polar surface area (TPSA) is 166 Å². The minimum absolute atomic E-state index is 0.0244. The van der Waals surface area contributed by atoms with Crippen LogP contribution in [-0.4, -0.2) is 84.6 Å². The third-order valence-corrected chi connectivity index (χ3v) is 13.6. The molecule has 0 bridgehead atoms. The van der Waals surface area contributed by atoms with Crippen molar-refractivity contribution in [3.05, 3.63) is 107 Å². The van der Waals surface area contributed by atoms with Crippen LogP contribution in [0.1, 0.15) is 167 Å². The molecular weight excluding hydrogens is 829 g/mol. The van der Waals surface area contributed by atoms with Crippen molar-refractivity contribution in [2.75, 3.05) is 26.2 Å². The quantitative estimate of drug-likeness (QED) is 0.0465. The van der Waals surface area contributed by atoms with Gasteiger partial charge in [-0.15, -0.1) is 0 Å². The van der Waals surface area contributed by atoms with E-state index in [1.807, 2.05) is 36.4 Å². The maximum atomic E-state index is 14.0. The lowest BCUT2D eigenvalue weighted by Gasteiger charge is -2.19. The number of unbranched alkanes of at least 4 members (excludes halogenated alkanes) is 12. The lowest BCUT2D eigenvalue weighted by atomic mass is 9.94. The fourth-order valence-electron chi connectivity index (χ4n) is 9.31. The average Bonchev–Trinajstić information content (AvgIpc) is 4.25. The highest BCUT2D eigenvalue weighted by molar-refractivity contribution is 5.99. The molecule has 0 spiro atoms. The lowest BCUT2D eigenvalue weighted by Crippen LogP contribution is -2.52. The van der Waals surface area contributed by atoms with Crippen LogP contribution in [-0.2, 0) is 19.2 Å². The normalized spacial score (nSPS) is 21.0. The minimum atomic E-state index is -0.935. The van der Waals surface area contributed by atoms with Crippen LogP contribution >= 0.6 is 0 Å². The first kappa shape index (κ1) is 49.9. The molecule has 3 fully saturated rings. The summed E-state index contributed by atoms with van der Waals surface area (Å²) in [6.07, 6.45) is 17.3. The second-order valence-corrected chi connectivity index (χ2v) is 18.9. The van der Waals surface area contributed by atoms with E-state index in [4.69, 9.17) is 0 Å². The van der Waals surface area contributed by atoms with Crippen LogP contribution in [0, 0.1) is 11.8 Å². The maximum Gasteiger partial charge on any atom is 0.253 e. The van der Waals surface area contributed by atoms with Gasteiger partial charge in [-0.05, 0) is 61.1 Å². The zero-order chi connectivity index (χ0) is 46.7. The summed E-state index contributed by atoms with van der Waals surface area (Å²) in [7, 11) is 0. The summed E-state index contributed by atoms with van der Waals surface area (Å²) in [5.41, 5.74) is 2.94. The molecule has 0 unspecified atom stereocenters. The van der Waals surface area contributed by atoms with E-state index in [1.54, 1.807) is 29.2 Å². The molecule has 356 valence electrons. The molecule has 2 saturated carbocycles. The molecule has 6 rings (SSSR count). The van der Waals surface area contributed by atoms with Gasteiger partial charge < -0.3 is 31.5 Å². The zero-order valence-electron chi connectivity index (χ0n) is 39.4. The Hall–Kier alpha value is -5.52. The number of benzene rings is 3. The number of rotatable bonds is 28. The number of carbonyl (C=O) groups is 6. The molecule has 1 saturated heterocycles. The number of hydrogen-bond donors (Lipinski definition) is 5. The van der Waals surface area contributed by atoms with E-state index < -0.39 is 23.8 Å². The fraction of sp³-hybridized carbons (Fsp3) is 0.556. The Bertz CT molecular complexity index is 1950. The summed E-state index contributed by atoms with van der Waals surface area (Å²) in [6, 6.07) is 25.4. The highest BCUT2D eigenvalue weighted by Crippen LogP contribution is 2.42. The van der Waals surface area contributed by atoms with Gasteiger partial charge in [0.25, 0.3) is 11.8 Å². The molecule has 5 N–H and O–H groups in total. The number of carbonyl (C=O) groups excluding carboxylic acids is 6. The minimum Gasteiger partial charge on any atom is -0.354 e. The molecule has 3 aromatic carbocycles. The molecule has 0 radical (unpaired) electrons. The molecule has 12 heteroatoms. The van der Waals surface area contributed by atoms with Crippen LogP contribution in [0.3, 0.4) is 0 Å².